The molecule has 0 aliphatic heterocycles. The second kappa shape index (κ2) is 5.82. The Kier molecular flexibility index (Phi) is 4.71. The summed E-state index contributed by atoms with van der Waals surface area (Å²) in [6.45, 7) is 0.270. The summed E-state index contributed by atoms with van der Waals surface area (Å²) in [6.07, 6.45) is 0.465. The fourth-order valence-corrected chi connectivity index (χ4v) is 1.63. The highest BCUT2D eigenvalue weighted by molar-refractivity contribution is 6.30. The Hall–Kier alpha value is -1.13. The summed E-state index contributed by atoms with van der Waals surface area (Å²) in [5.41, 5.74) is 5.66. The van der Waals surface area contributed by atoms with E-state index in [-0.39, 0.29) is 13.0 Å². The first-order valence-electron chi connectivity index (χ1n) is 4.91. The number of carboxylic acids is 1. The molecule has 0 heterocycles. The van der Waals surface area contributed by atoms with Crippen LogP contribution < -0.4 is 5.73 Å². The van der Waals surface area contributed by atoms with E-state index in [1.807, 2.05) is 0 Å². The van der Waals surface area contributed by atoms with Gasteiger partial charge in [-0.05, 0) is 37.1 Å². The van der Waals surface area contributed by atoms with Gasteiger partial charge in [0.2, 0.25) is 0 Å². The highest BCUT2D eigenvalue weighted by atomic mass is 35.5. The van der Waals surface area contributed by atoms with Crippen LogP contribution in [0.15, 0.2) is 18.2 Å². The number of hydrogen-bond acceptors (Lipinski definition) is 2. The normalized spacial score (nSPS) is 12.4. The minimum atomic E-state index is -0.959. The van der Waals surface area contributed by atoms with Crippen LogP contribution in [-0.2, 0) is 11.2 Å². The molecule has 0 spiro atoms. The molecule has 0 radical (unpaired) electrons. The molecule has 0 bridgehead atoms. The Bertz CT molecular complexity index is 384. The van der Waals surface area contributed by atoms with Crippen molar-refractivity contribution in [1.82, 2.24) is 0 Å². The first-order valence-corrected chi connectivity index (χ1v) is 5.29. The Labute approximate surface area is 98.0 Å². The molecule has 3 N–H and O–H groups in total. The first kappa shape index (κ1) is 12.9. The number of hydrogen-bond donors (Lipinski definition) is 2. The third kappa shape index (κ3) is 3.47. The lowest BCUT2D eigenvalue weighted by atomic mass is 9.96. The van der Waals surface area contributed by atoms with Crippen LogP contribution in [0.2, 0.25) is 5.02 Å². The van der Waals surface area contributed by atoms with Crippen LogP contribution in [0.3, 0.4) is 0 Å². The van der Waals surface area contributed by atoms with E-state index in [9.17, 15) is 9.18 Å². The van der Waals surface area contributed by atoms with Crippen LogP contribution in [0.1, 0.15) is 12.0 Å². The summed E-state index contributed by atoms with van der Waals surface area (Å²) in [7, 11) is 0. The molecule has 88 valence electrons. The van der Waals surface area contributed by atoms with E-state index >= 15 is 0 Å². The molecule has 0 aliphatic carbocycles. The molecular formula is C11H13ClFNO2. The monoisotopic (exact) mass is 245 g/mol. The quantitative estimate of drug-likeness (QED) is 0.835. The Morgan fingerprint density at radius 3 is 2.75 bits per heavy atom. The van der Waals surface area contributed by atoms with Crippen LogP contribution >= 0.6 is 11.6 Å². The molecule has 3 nitrogen and oxygen atoms in total. The lowest BCUT2D eigenvalue weighted by molar-refractivity contribution is -0.141. The van der Waals surface area contributed by atoms with Gasteiger partial charge in [0.05, 0.1) is 5.92 Å². The summed E-state index contributed by atoms with van der Waals surface area (Å²) < 4.78 is 13.4. The fraction of sp³-hybridized carbons (Fsp3) is 0.364. The van der Waals surface area contributed by atoms with Gasteiger partial charge in [0.1, 0.15) is 5.82 Å². The maximum absolute atomic E-state index is 13.4. The van der Waals surface area contributed by atoms with E-state index in [1.165, 1.54) is 12.1 Å². The molecule has 1 aromatic rings. The zero-order valence-corrected chi connectivity index (χ0v) is 9.38. The summed E-state index contributed by atoms with van der Waals surface area (Å²) in [5, 5.41) is 9.21. The molecule has 1 unspecified atom stereocenters. The minimum Gasteiger partial charge on any atom is -0.481 e. The van der Waals surface area contributed by atoms with Gasteiger partial charge >= 0.3 is 5.97 Å². The number of halogens is 2. The number of aliphatic carboxylic acids is 1. The van der Waals surface area contributed by atoms with Crippen molar-refractivity contribution in [3.63, 3.8) is 0 Å². The van der Waals surface area contributed by atoms with Crippen molar-refractivity contribution in [3.8, 4) is 0 Å². The van der Waals surface area contributed by atoms with Gasteiger partial charge in [0.25, 0.3) is 0 Å². The van der Waals surface area contributed by atoms with Gasteiger partial charge in [0.15, 0.2) is 0 Å². The zero-order valence-electron chi connectivity index (χ0n) is 8.62. The largest absolute Gasteiger partial charge is 0.481 e. The van der Waals surface area contributed by atoms with Crippen molar-refractivity contribution in [2.75, 3.05) is 6.54 Å². The number of carboxylic acid groups (broad SMARTS) is 1. The Balaban J connectivity index is 2.81. The van der Waals surface area contributed by atoms with Crippen LogP contribution in [0.4, 0.5) is 4.39 Å². The fourth-order valence-electron chi connectivity index (χ4n) is 1.47. The van der Waals surface area contributed by atoms with Gasteiger partial charge < -0.3 is 10.8 Å². The van der Waals surface area contributed by atoms with Crippen LogP contribution in [0.5, 0.6) is 0 Å². The number of carbonyl (C=O) groups is 1. The van der Waals surface area contributed by atoms with Gasteiger partial charge in [-0.3, -0.25) is 4.79 Å². The lowest BCUT2D eigenvalue weighted by Gasteiger charge is -2.11. The van der Waals surface area contributed by atoms with Gasteiger partial charge in [-0.15, -0.1) is 0 Å². The van der Waals surface area contributed by atoms with Crippen molar-refractivity contribution in [2.45, 2.75) is 12.8 Å². The number of benzene rings is 1. The topological polar surface area (TPSA) is 63.3 Å². The van der Waals surface area contributed by atoms with Gasteiger partial charge in [-0.25, -0.2) is 4.39 Å². The predicted molar refractivity (Wildman–Crippen MR) is 59.9 cm³/mol. The van der Waals surface area contributed by atoms with E-state index in [1.54, 1.807) is 6.07 Å². The maximum atomic E-state index is 13.4. The van der Waals surface area contributed by atoms with Crippen LogP contribution in [0.25, 0.3) is 0 Å². The second-order valence-corrected chi connectivity index (χ2v) is 3.99. The van der Waals surface area contributed by atoms with Crippen molar-refractivity contribution < 1.29 is 14.3 Å². The standard InChI is InChI=1S/C11H13ClFNO2/c12-9-2-1-7(10(13)6-9)5-8(3-4-14)11(15)16/h1-2,6,8H,3-5,14H2,(H,15,16). The molecule has 1 aromatic carbocycles. The van der Waals surface area contributed by atoms with Gasteiger partial charge in [-0.2, -0.15) is 0 Å². The highest BCUT2D eigenvalue weighted by Crippen LogP contribution is 2.19. The lowest BCUT2D eigenvalue weighted by Crippen LogP contribution is -2.20. The van der Waals surface area contributed by atoms with E-state index in [0.29, 0.717) is 17.0 Å². The molecule has 0 saturated heterocycles. The van der Waals surface area contributed by atoms with Crippen molar-refractivity contribution in [2.24, 2.45) is 11.7 Å². The SMILES string of the molecule is NCCC(Cc1ccc(Cl)cc1F)C(=O)O. The van der Waals surface area contributed by atoms with Crippen LogP contribution in [-0.4, -0.2) is 17.6 Å². The third-order valence-electron chi connectivity index (χ3n) is 2.35. The molecule has 0 amide bonds. The van der Waals surface area contributed by atoms with Gasteiger partial charge in [0, 0.05) is 5.02 Å². The number of rotatable bonds is 5. The van der Waals surface area contributed by atoms with Crippen LogP contribution in [0, 0.1) is 11.7 Å². The van der Waals surface area contributed by atoms with Crippen molar-refractivity contribution >= 4 is 17.6 Å². The summed E-state index contributed by atoms with van der Waals surface area (Å²) >= 11 is 5.60. The molecule has 1 atom stereocenters. The smallest absolute Gasteiger partial charge is 0.306 e. The average molecular weight is 246 g/mol. The molecular weight excluding hydrogens is 233 g/mol. The summed E-state index contributed by atoms with van der Waals surface area (Å²) in [6, 6.07) is 4.23. The molecule has 5 heteroatoms. The second-order valence-electron chi connectivity index (χ2n) is 3.55. The molecule has 16 heavy (non-hydrogen) atoms. The molecule has 0 aliphatic rings. The van der Waals surface area contributed by atoms with Crippen molar-refractivity contribution in [3.05, 3.63) is 34.6 Å². The van der Waals surface area contributed by atoms with Gasteiger partial charge in [-0.1, -0.05) is 17.7 Å². The maximum Gasteiger partial charge on any atom is 0.306 e. The molecule has 0 saturated carbocycles. The van der Waals surface area contributed by atoms with Crippen molar-refractivity contribution in [1.29, 1.82) is 0 Å². The first-order chi connectivity index (χ1) is 7.54. The predicted octanol–water partition coefficient (Wildman–Crippen LogP) is 2.07. The minimum absolute atomic E-state index is 0.134. The molecule has 1 rings (SSSR count). The van der Waals surface area contributed by atoms with E-state index < -0.39 is 17.7 Å². The Morgan fingerprint density at radius 1 is 1.56 bits per heavy atom. The number of nitrogens with two attached hydrogens (primary N) is 1. The summed E-state index contributed by atoms with van der Waals surface area (Å²) in [5.74, 6) is -2.09. The zero-order chi connectivity index (χ0) is 12.1. The Morgan fingerprint density at radius 2 is 2.25 bits per heavy atom. The average Bonchev–Trinajstić information content (AvgIpc) is 2.20. The molecule has 0 aromatic heterocycles. The van der Waals surface area contributed by atoms with E-state index in [2.05, 4.69) is 0 Å². The molecule has 0 fully saturated rings. The van der Waals surface area contributed by atoms with E-state index in [4.69, 9.17) is 22.4 Å². The van der Waals surface area contributed by atoms with E-state index in [0.717, 1.165) is 0 Å². The summed E-state index contributed by atoms with van der Waals surface area (Å²) in [4.78, 5) is 10.9. The third-order valence-corrected chi connectivity index (χ3v) is 2.58. The highest BCUT2D eigenvalue weighted by Gasteiger charge is 2.18.